The van der Waals surface area contributed by atoms with Crippen LogP contribution in [0.2, 0.25) is 0 Å². The minimum absolute atomic E-state index is 0.117. The van der Waals surface area contributed by atoms with Gasteiger partial charge in [0.05, 0.1) is 22.3 Å². The zero-order valence-electron chi connectivity index (χ0n) is 12.6. The molecule has 23 heavy (non-hydrogen) atoms. The number of hydrogen-bond acceptors (Lipinski definition) is 4. The monoisotopic (exact) mass is 335 g/mol. The smallest absolute Gasteiger partial charge is 0.183 e. The summed E-state index contributed by atoms with van der Waals surface area (Å²) < 4.78 is 44.1. The molecule has 1 aliphatic carbocycles. The zero-order chi connectivity index (χ0) is 16.7. The summed E-state index contributed by atoms with van der Waals surface area (Å²) in [5, 5.41) is -0.789. The van der Waals surface area contributed by atoms with E-state index < -0.39 is 26.5 Å². The van der Waals surface area contributed by atoms with Gasteiger partial charge in [-0.2, -0.15) is 0 Å². The first kappa shape index (κ1) is 16.1. The van der Waals surface area contributed by atoms with Crippen LogP contribution in [0.5, 0.6) is 0 Å². The Morgan fingerprint density at radius 1 is 1.13 bits per heavy atom. The molecule has 1 aliphatic rings. The lowest BCUT2D eigenvalue weighted by Gasteiger charge is -2.11. The van der Waals surface area contributed by atoms with Gasteiger partial charge in [-0.1, -0.05) is 30.3 Å². The number of methoxy groups -OCH3 is 1. The van der Waals surface area contributed by atoms with Crippen molar-refractivity contribution in [2.45, 2.75) is 21.6 Å². The molecule has 3 rings (SSSR count). The van der Waals surface area contributed by atoms with Gasteiger partial charge < -0.3 is 10.5 Å². The highest BCUT2D eigenvalue weighted by Gasteiger charge is 2.69. The third-order valence-corrected chi connectivity index (χ3v) is 6.64. The van der Waals surface area contributed by atoms with Gasteiger partial charge >= 0.3 is 0 Å². The SMILES string of the molecule is COCC1(N)C(c2ccc(F)cc2)C1S(=O)(=O)c1ccccc1. The molecule has 2 aromatic carbocycles. The average Bonchev–Trinajstić information content (AvgIpc) is 3.15. The molecule has 0 radical (unpaired) electrons. The molecular formula is C17H18FNO3S. The second kappa shape index (κ2) is 5.70. The topological polar surface area (TPSA) is 69.4 Å². The van der Waals surface area contributed by atoms with Gasteiger partial charge in [0.1, 0.15) is 5.82 Å². The molecule has 0 bridgehead atoms. The Hall–Kier alpha value is -1.76. The standard InChI is InChI=1S/C17H18FNO3S/c1-22-11-17(19)15(12-7-9-13(18)10-8-12)16(17)23(20,21)14-5-3-2-4-6-14/h2-10,15-16H,11,19H2,1H3. The van der Waals surface area contributed by atoms with E-state index in [4.69, 9.17) is 10.5 Å². The van der Waals surface area contributed by atoms with Crippen LogP contribution in [0.3, 0.4) is 0 Å². The maximum atomic E-state index is 13.1. The van der Waals surface area contributed by atoms with Crippen LogP contribution in [0.15, 0.2) is 59.5 Å². The Bertz CT molecular complexity index is 792. The lowest BCUT2D eigenvalue weighted by Crippen LogP contribution is -2.35. The van der Waals surface area contributed by atoms with Crippen LogP contribution < -0.4 is 5.73 Å². The molecule has 1 saturated carbocycles. The summed E-state index contributed by atoms with van der Waals surface area (Å²) >= 11 is 0. The molecule has 3 unspecified atom stereocenters. The molecule has 0 aromatic heterocycles. The van der Waals surface area contributed by atoms with Gasteiger partial charge in [-0.25, -0.2) is 12.8 Å². The number of halogens is 1. The highest BCUT2D eigenvalue weighted by atomic mass is 32.2. The molecule has 0 spiro atoms. The van der Waals surface area contributed by atoms with E-state index in [-0.39, 0.29) is 17.3 Å². The molecule has 4 nitrogen and oxygen atoms in total. The van der Waals surface area contributed by atoms with Gasteiger partial charge in [0.2, 0.25) is 0 Å². The van der Waals surface area contributed by atoms with Crippen LogP contribution in [0.25, 0.3) is 0 Å². The summed E-state index contributed by atoms with van der Waals surface area (Å²) in [6.07, 6.45) is 0. The van der Waals surface area contributed by atoms with Crippen LogP contribution in [0.1, 0.15) is 11.5 Å². The molecule has 2 aromatic rings. The van der Waals surface area contributed by atoms with Crippen molar-refractivity contribution < 1.29 is 17.5 Å². The molecule has 0 heterocycles. The molecule has 3 atom stereocenters. The fourth-order valence-corrected chi connectivity index (χ4v) is 5.54. The first-order chi connectivity index (χ1) is 10.9. The largest absolute Gasteiger partial charge is 0.383 e. The quantitative estimate of drug-likeness (QED) is 0.908. The summed E-state index contributed by atoms with van der Waals surface area (Å²) in [6, 6.07) is 14.0. The van der Waals surface area contributed by atoms with Crippen LogP contribution in [0, 0.1) is 5.82 Å². The second-order valence-corrected chi connectivity index (χ2v) is 7.92. The number of rotatable bonds is 5. The van der Waals surface area contributed by atoms with Crippen molar-refractivity contribution in [1.29, 1.82) is 0 Å². The van der Waals surface area contributed by atoms with Gasteiger partial charge in [-0.15, -0.1) is 0 Å². The summed E-state index contributed by atoms with van der Waals surface area (Å²) in [5.41, 5.74) is 6.03. The van der Waals surface area contributed by atoms with Crippen molar-refractivity contribution >= 4 is 9.84 Å². The molecule has 2 N–H and O–H groups in total. The predicted octanol–water partition coefficient (Wildman–Crippen LogP) is 2.11. The summed E-state index contributed by atoms with van der Waals surface area (Å²) in [5.74, 6) is -0.792. The number of sulfone groups is 1. The van der Waals surface area contributed by atoms with Gasteiger partial charge in [-0.3, -0.25) is 0 Å². The highest BCUT2D eigenvalue weighted by Crippen LogP contribution is 2.55. The third kappa shape index (κ3) is 2.67. The summed E-state index contributed by atoms with van der Waals surface area (Å²) in [7, 11) is -2.11. The second-order valence-electron chi connectivity index (χ2n) is 5.85. The minimum Gasteiger partial charge on any atom is -0.383 e. The van der Waals surface area contributed by atoms with Crippen molar-refractivity contribution in [2.24, 2.45) is 5.73 Å². The van der Waals surface area contributed by atoms with Gasteiger partial charge in [0, 0.05) is 13.0 Å². The van der Waals surface area contributed by atoms with E-state index in [1.807, 2.05) is 0 Å². The van der Waals surface area contributed by atoms with E-state index in [1.54, 1.807) is 42.5 Å². The lowest BCUT2D eigenvalue weighted by molar-refractivity contribution is 0.171. The third-order valence-electron chi connectivity index (χ3n) is 4.33. The van der Waals surface area contributed by atoms with Crippen LogP contribution in [-0.2, 0) is 14.6 Å². The summed E-state index contributed by atoms with van der Waals surface area (Å²) in [6.45, 7) is 0.117. The van der Waals surface area contributed by atoms with E-state index in [9.17, 15) is 12.8 Å². The molecular weight excluding hydrogens is 317 g/mol. The van der Waals surface area contributed by atoms with Crippen LogP contribution in [-0.4, -0.2) is 32.9 Å². The highest BCUT2D eigenvalue weighted by molar-refractivity contribution is 7.92. The van der Waals surface area contributed by atoms with Crippen LogP contribution >= 0.6 is 0 Å². The molecule has 122 valence electrons. The number of ether oxygens (including phenoxy) is 1. The molecule has 1 fully saturated rings. The predicted molar refractivity (Wildman–Crippen MR) is 85.4 cm³/mol. The Balaban J connectivity index is 2.01. The average molecular weight is 335 g/mol. The minimum atomic E-state index is -3.60. The maximum absolute atomic E-state index is 13.1. The van der Waals surface area contributed by atoms with E-state index in [0.29, 0.717) is 5.56 Å². The van der Waals surface area contributed by atoms with Crippen molar-refractivity contribution in [3.05, 3.63) is 66.0 Å². The molecule has 6 heteroatoms. The molecule has 0 amide bonds. The maximum Gasteiger partial charge on any atom is 0.183 e. The fraction of sp³-hybridized carbons (Fsp3) is 0.294. The van der Waals surface area contributed by atoms with Gasteiger partial charge in [0.25, 0.3) is 0 Å². The Labute approximate surface area is 135 Å². The normalized spacial score (nSPS) is 26.9. The van der Waals surface area contributed by atoms with E-state index in [0.717, 1.165) is 0 Å². The molecule has 0 saturated heterocycles. The van der Waals surface area contributed by atoms with E-state index >= 15 is 0 Å². The van der Waals surface area contributed by atoms with Gasteiger partial charge in [-0.05, 0) is 29.8 Å². The van der Waals surface area contributed by atoms with Gasteiger partial charge in [0.15, 0.2) is 9.84 Å². The number of nitrogens with two attached hydrogens (primary N) is 1. The fourth-order valence-electron chi connectivity index (χ4n) is 3.22. The Morgan fingerprint density at radius 2 is 1.74 bits per heavy atom. The lowest BCUT2D eigenvalue weighted by atomic mass is 10.1. The van der Waals surface area contributed by atoms with E-state index in [2.05, 4.69) is 0 Å². The van der Waals surface area contributed by atoms with Crippen molar-refractivity contribution in [3.63, 3.8) is 0 Å². The van der Waals surface area contributed by atoms with Crippen molar-refractivity contribution in [1.82, 2.24) is 0 Å². The van der Waals surface area contributed by atoms with E-state index in [1.165, 1.54) is 19.2 Å². The number of benzene rings is 2. The first-order valence-electron chi connectivity index (χ1n) is 7.23. The van der Waals surface area contributed by atoms with Crippen LogP contribution in [0.4, 0.5) is 4.39 Å². The first-order valence-corrected chi connectivity index (χ1v) is 8.78. The number of hydrogen-bond donors (Lipinski definition) is 1. The zero-order valence-corrected chi connectivity index (χ0v) is 13.5. The van der Waals surface area contributed by atoms with Crippen molar-refractivity contribution in [2.75, 3.05) is 13.7 Å². The Kier molecular flexibility index (Phi) is 4.00. The summed E-state index contributed by atoms with van der Waals surface area (Å²) in [4.78, 5) is 0.237. The Morgan fingerprint density at radius 3 is 2.30 bits per heavy atom. The molecule has 0 aliphatic heterocycles. The van der Waals surface area contributed by atoms with Crippen molar-refractivity contribution in [3.8, 4) is 0 Å².